The zero-order valence-corrected chi connectivity index (χ0v) is 17.6. The van der Waals surface area contributed by atoms with E-state index in [2.05, 4.69) is 12.2 Å². The molecule has 0 aromatic heterocycles. The Morgan fingerprint density at radius 1 is 1.21 bits per heavy atom. The maximum atomic E-state index is 13.0. The van der Waals surface area contributed by atoms with Crippen LogP contribution in [0.25, 0.3) is 0 Å². The molecular formula is C22H32N2O5. The van der Waals surface area contributed by atoms with Gasteiger partial charge in [0.15, 0.2) is 0 Å². The summed E-state index contributed by atoms with van der Waals surface area (Å²) in [4.78, 5) is 38.9. The van der Waals surface area contributed by atoms with Crippen molar-refractivity contribution in [1.82, 2.24) is 10.2 Å². The Labute approximate surface area is 172 Å². The van der Waals surface area contributed by atoms with E-state index in [-0.39, 0.29) is 24.3 Å². The second kappa shape index (κ2) is 11.4. The molecule has 2 unspecified atom stereocenters. The third-order valence-electron chi connectivity index (χ3n) is 4.98. The number of esters is 1. The van der Waals surface area contributed by atoms with Crippen molar-refractivity contribution in [2.45, 2.75) is 65.0 Å². The number of nitrogens with one attached hydrogen (secondary N) is 1. The zero-order chi connectivity index (χ0) is 21.2. The average Bonchev–Trinajstić information content (AvgIpc) is 2.72. The highest BCUT2D eigenvalue weighted by molar-refractivity contribution is 5.99. The summed E-state index contributed by atoms with van der Waals surface area (Å²) in [6, 6.07) is 6.02. The molecule has 1 N–H and O–H groups in total. The predicted molar refractivity (Wildman–Crippen MR) is 110 cm³/mol. The van der Waals surface area contributed by atoms with Crippen LogP contribution >= 0.6 is 0 Å². The summed E-state index contributed by atoms with van der Waals surface area (Å²) >= 11 is 0. The van der Waals surface area contributed by atoms with E-state index < -0.39 is 12.0 Å². The molecule has 1 aliphatic rings. The van der Waals surface area contributed by atoms with Crippen LogP contribution in [0.15, 0.2) is 24.3 Å². The van der Waals surface area contributed by atoms with E-state index in [1.54, 1.807) is 24.3 Å². The van der Waals surface area contributed by atoms with E-state index in [9.17, 15) is 14.4 Å². The van der Waals surface area contributed by atoms with Crippen molar-refractivity contribution >= 4 is 17.8 Å². The lowest BCUT2D eigenvalue weighted by atomic mass is 10.1. The molecular weight excluding hydrogens is 372 g/mol. The van der Waals surface area contributed by atoms with Crippen molar-refractivity contribution in [2.24, 2.45) is 0 Å². The largest absolute Gasteiger partial charge is 0.491 e. The Bertz CT molecular complexity index is 689. The number of nitrogens with zero attached hydrogens (tertiary/aromatic N) is 1. The first kappa shape index (κ1) is 22.7. The maximum Gasteiger partial charge on any atom is 0.308 e. The summed E-state index contributed by atoms with van der Waals surface area (Å²) < 4.78 is 11.0. The molecule has 1 aromatic rings. The van der Waals surface area contributed by atoms with Gasteiger partial charge in [0, 0.05) is 18.7 Å². The topological polar surface area (TPSA) is 84.9 Å². The van der Waals surface area contributed by atoms with Gasteiger partial charge in [-0.15, -0.1) is 0 Å². The molecule has 0 aliphatic carbocycles. The van der Waals surface area contributed by atoms with Crippen molar-refractivity contribution in [3.8, 4) is 5.75 Å². The monoisotopic (exact) mass is 404 g/mol. The molecule has 160 valence electrons. The van der Waals surface area contributed by atoms with E-state index >= 15 is 0 Å². The molecule has 1 fully saturated rings. The fourth-order valence-corrected chi connectivity index (χ4v) is 3.07. The van der Waals surface area contributed by atoms with E-state index in [1.807, 2.05) is 13.8 Å². The molecule has 1 aliphatic heterocycles. The van der Waals surface area contributed by atoms with Crippen LogP contribution in [0.2, 0.25) is 0 Å². The van der Waals surface area contributed by atoms with Crippen molar-refractivity contribution in [1.29, 1.82) is 0 Å². The number of benzene rings is 1. The third-order valence-corrected chi connectivity index (χ3v) is 4.98. The van der Waals surface area contributed by atoms with Crippen molar-refractivity contribution in [3.05, 3.63) is 29.8 Å². The number of ether oxygens (including phenoxy) is 2. The lowest BCUT2D eigenvalue weighted by molar-refractivity contribution is -0.147. The molecule has 7 heteroatoms. The van der Waals surface area contributed by atoms with E-state index in [4.69, 9.17) is 9.47 Å². The van der Waals surface area contributed by atoms with Crippen LogP contribution in [-0.2, 0) is 14.3 Å². The zero-order valence-electron chi connectivity index (χ0n) is 17.6. The van der Waals surface area contributed by atoms with E-state index in [1.165, 1.54) is 4.90 Å². The van der Waals surface area contributed by atoms with Gasteiger partial charge < -0.3 is 19.7 Å². The predicted octanol–water partition coefficient (Wildman–Crippen LogP) is 2.93. The Balaban J connectivity index is 2.02. The van der Waals surface area contributed by atoms with Gasteiger partial charge in [0.2, 0.25) is 5.91 Å². The highest BCUT2D eigenvalue weighted by Gasteiger charge is 2.35. The van der Waals surface area contributed by atoms with Crippen LogP contribution in [0.5, 0.6) is 5.75 Å². The Hall–Kier alpha value is -2.57. The first-order chi connectivity index (χ1) is 14.0. The fraction of sp³-hybridized carbons (Fsp3) is 0.591. The van der Waals surface area contributed by atoms with Crippen molar-refractivity contribution in [2.75, 3.05) is 19.7 Å². The summed E-state index contributed by atoms with van der Waals surface area (Å²) in [5, 5.41) is 2.73. The molecule has 1 aromatic carbocycles. The van der Waals surface area contributed by atoms with E-state index in [0.717, 1.165) is 25.7 Å². The van der Waals surface area contributed by atoms with E-state index in [0.29, 0.717) is 31.0 Å². The van der Waals surface area contributed by atoms with Crippen molar-refractivity contribution < 1.29 is 23.9 Å². The third kappa shape index (κ3) is 6.76. The summed E-state index contributed by atoms with van der Waals surface area (Å²) in [6.07, 6.45) is 3.66. The van der Waals surface area contributed by atoms with Crippen LogP contribution in [-0.4, -0.2) is 54.5 Å². The molecule has 2 atom stereocenters. The minimum absolute atomic E-state index is 0.0926. The van der Waals surface area contributed by atoms with Crippen LogP contribution in [0, 0.1) is 0 Å². The number of hydrogen-bond acceptors (Lipinski definition) is 5. The summed E-state index contributed by atoms with van der Waals surface area (Å²) in [5.41, 5.74) is 0.456. The molecule has 7 nitrogen and oxygen atoms in total. The number of unbranched alkanes of at least 4 members (excludes halogenated alkanes) is 2. The Morgan fingerprint density at radius 3 is 2.59 bits per heavy atom. The second-order valence-electron chi connectivity index (χ2n) is 7.30. The molecule has 1 saturated heterocycles. The SMILES string of the molecule is CCCCCOC(=O)CC1C(=O)NCCN1C(=O)c1ccc(OC(C)CC)cc1. The number of hydrogen-bond donors (Lipinski definition) is 1. The Kier molecular flexibility index (Phi) is 8.96. The smallest absolute Gasteiger partial charge is 0.308 e. The number of carbonyl (C=O) groups is 3. The number of piperazine rings is 1. The highest BCUT2D eigenvalue weighted by atomic mass is 16.5. The van der Waals surface area contributed by atoms with Crippen LogP contribution in [0.4, 0.5) is 0 Å². The Morgan fingerprint density at radius 2 is 1.93 bits per heavy atom. The van der Waals surface area contributed by atoms with Crippen LogP contribution in [0.3, 0.4) is 0 Å². The molecule has 0 spiro atoms. The van der Waals surface area contributed by atoms with Crippen LogP contribution in [0.1, 0.15) is 63.2 Å². The summed E-state index contributed by atoms with van der Waals surface area (Å²) in [5.74, 6) is -0.372. The normalized spacial score (nSPS) is 17.4. The van der Waals surface area contributed by atoms with Gasteiger partial charge in [-0.2, -0.15) is 0 Å². The first-order valence-electron chi connectivity index (χ1n) is 10.5. The molecule has 2 amide bonds. The quantitative estimate of drug-likeness (QED) is 0.479. The second-order valence-corrected chi connectivity index (χ2v) is 7.30. The lowest BCUT2D eigenvalue weighted by Crippen LogP contribution is -2.57. The maximum absolute atomic E-state index is 13.0. The minimum atomic E-state index is -0.856. The van der Waals surface area contributed by atoms with Gasteiger partial charge in [0.05, 0.1) is 19.1 Å². The standard InChI is InChI=1S/C22H32N2O5/c1-4-6-7-14-28-20(25)15-19-21(26)23-12-13-24(19)22(27)17-8-10-18(11-9-17)29-16(3)5-2/h8-11,16,19H,4-7,12-15H2,1-3H3,(H,23,26). The van der Waals surface area contributed by atoms with Gasteiger partial charge in [-0.1, -0.05) is 26.7 Å². The molecule has 29 heavy (non-hydrogen) atoms. The van der Waals surface area contributed by atoms with Crippen LogP contribution < -0.4 is 10.1 Å². The lowest BCUT2D eigenvalue weighted by Gasteiger charge is -2.34. The highest BCUT2D eigenvalue weighted by Crippen LogP contribution is 2.19. The molecule has 2 rings (SSSR count). The summed E-state index contributed by atoms with van der Waals surface area (Å²) in [6.45, 7) is 7.15. The van der Waals surface area contributed by atoms with Gasteiger partial charge in [-0.25, -0.2) is 0 Å². The van der Waals surface area contributed by atoms with Gasteiger partial charge in [-0.3, -0.25) is 14.4 Å². The van der Waals surface area contributed by atoms with Crippen molar-refractivity contribution in [3.63, 3.8) is 0 Å². The average molecular weight is 405 g/mol. The number of amides is 2. The van der Waals surface area contributed by atoms with Gasteiger partial charge in [-0.05, 0) is 44.0 Å². The van der Waals surface area contributed by atoms with Gasteiger partial charge in [0.1, 0.15) is 11.8 Å². The molecule has 0 bridgehead atoms. The van der Waals surface area contributed by atoms with Gasteiger partial charge >= 0.3 is 5.97 Å². The number of rotatable bonds is 10. The minimum Gasteiger partial charge on any atom is -0.491 e. The first-order valence-corrected chi connectivity index (χ1v) is 10.5. The fourth-order valence-electron chi connectivity index (χ4n) is 3.07. The molecule has 0 saturated carbocycles. The molecule has 1 heterocycles. The summed E-state index contributed by atoms with van der Waals surface area (Å²) in [7, 11) is 0. The molecule has 0 radical (unpaired) electrons. The van der Waals surface area contributed by atoms with Gasteiger partial charge in [0.25, 0.3) is 5.91 Å². The number of carbonyl (C=O) groups excluding carboxylic acids is 3.